The molecule has 0 saturated heterocycles. The van der Waals surface area contributed by atoms with Crippen molar-refractivity contribution in [2.24, 2.45) is 5.16 Å². The number of halogens is 1. The molecule has 1 N–H and O–H groups in total. The Bertz CT molecular complexity index is 775. The van der Waals surface area contributed by atoms with Crippen molar-refractivity contribution in [1.82, 2.24) is 0 Å². The fourth-order valence-corrected chi connectivity index (χ4v) is 2.36. The van der Waals surface area contributed by atoms with Crippen molar-refractivity contribution in [1.29, 1.82) is 0 Å². The summed E-state index contributed by atoms with van der Waals surface area (Å²) < 4.78 is 11.5. The summed E-state index contributed by atoms with van der Waals surface area (Å²) in [5, 5.41) is 6.69. The second-order valence-electron chi connectivity index (χ2n) is 5.07. The smallest absolute Gasteiger partial charge is 0.265 e. The second kappa shape index (κ2) is 7.35. The van der Waals surface area contributed by atoms with Crippen LogP contribution in [0.3, 0.4) is 0 Å². The molecule has 7 heteroatoms. The lowest BCUT2D eigenvalue weighted by Gasteiger charge is -2.05. The zero-order chi connectivity index (χ0) is 16.9. The molecule has 1 aliphatic heterocycles. The Morgan fingerprint density at radius 2 is 1.96 bits per heavy atom. The largest absolute Gasteiger partial charge is 0.454 e. The number of rotatable bonds is 5. The molecule has 6 nitrogen and oxygen atoms in total. The number of hydrogen-bond acceptors (Lipinski definition) is 5. The van der Waals surface area contributed by atoms with E-state index in [1.165, 1.54) is 0 Å². The van der Waals surface area contributed by atoms with Crippen LogP contribution < -0.4 is 14.8 Å². The number of carbonyl (C=O) groups is 1. The molecule has 0 unspecified atom stereocenters. The maximum atomic E-state index is 11.8. The van der Waals surface area contributed by atoms with Crippen LogP contribution in [0.5, 0.6) is 11.5 Å². The third-order valence-corrected chi connectivity index (χ3v) is 3.84. The molecule has 1 aliphatic rings. The minimum Gasteiger partial charge on any atom is -0.454 e. The van der Waals surface area contributed by atoms with Crippen LogP contribution in [-0.2, 0) is 9.63 Å². The van der Waals surface area contributed by atoms with Gasteiger partial charge in [0.05, 0.1) is 5.71 Å². The molecule has 124 valence electrons. The zero-order valence-corrected chi connectivity index (χ0v) is 14.5. The van der Waals surface area contributed by atoms with E-state index < -0.39 is 0 Å². The van der Waals surface area contributed by atoms with E-state index in [1.54, 1.807) is 19.1 Å². The highest BCUT2D eigenvalue weighted by molar-refractivity contribution is 9.10. The Balaban J connectivity index is 1.53. The van der Waals surface area contributed by atoms with Gasteiger partial charge in [0, 0.05) is 15.7 Å². The molecule has 0 saturated carbocycles. The first kappa shape index (κ1) is 16.3. The second-order valence-corrected chi connectivity index (χ2v) is 5.99. The molecule has 2 aromatic carbocycles. The summed E-state index contributed by atoms with van der Waals surface area (Å²) in [4.78, 5) is 16.9. The molecule has 0 spiro atoms. The minimum absolute atomic E-state index is 0.169. The highest BCUT2D eigenvalue weighted by atomic mass is 79.9. The minimum atomic E-state index is -0.278. The summed E-state index contributed by atoms with van der Waals surface area (Å²) in [5.41, 5.74) is 2.18. The first-order valence-electron chi connectivity index (χ1n) is 7.24. The van der Waals surface area contributed by atoms with Gasteiger partial charge in [-0.05, 0) is 49.4 Å². The number of oxime groups is 1. The van der Waals surface area contributed by atoms with Crippen LogP contribution in [0.25, 0.3) is 0 Å². The number of hydrogen-bond donors (Lipinski definition) is 1. The first-order chi connectivity index (χ1) is 11.6. The van der Waals surface area contributed by atoms with Crippen LogP contribution in [0, 0.1) is 0 Å². The molecule has 0 radical (unpaired) electrons. The van der Waals surface area contributed by atoms with Gasteiger partial charge in [-0.3, -0.25) is 4.79 Å². The number of amides is 1. The summed E-state index contributed by atoms with van der Waals surface area (Å²) in [5.74, 6) is 1.11. The molecule has 1 amide bonds. The van der Waals surface area contributed by atoms with Crippen molar-refractivity contribution in [2.45, 2.75) is 6.92 Å². The van der Waals surface area contributed by atoms with E-state index in [1.807, 2.05) is 30.3 Å². The summed E-state index contributed by atoms with van der Waals surface area (Å²) in [6.45, 7) is 1.85. The Kier molecular flexibility index (Phi) is 5.00. The van der Waals surface area contributed by atoms with Crippen molar-refractivity contribution in [3.05, 3.63) is 52.5 Å². The molecule has 0 aromatic heterocycles. The molecule has 3 rings (SSSR count). The van der Waals surface area contributed by atoms with Gasteiger partial charge in [-0.2, -0.15) is 0 Å². The van der Waals surface area contributed by atoms with Crippen LogP contribution in [0.15, 0.2) is 52.1 Å². The van der Waals surface area contributed by atoms with Gasteiger partial charge in [0.25, 0.3) is 5.91 Å². The molecular formula is C17H15BrN2O4. The molecule has 0 atom stereocenters. The first-order valence-corrected chi connectivity index (χ1v) is 8.03. The SMILES string of the molecule is C/C(=N/OCC(=O)Nc1ccc(Br)cc1)c1ccc2c(c1)OCO2. The number of nitrogens with zero attached hydrogens (tertiary/aromatic N) is 1. The van der Waals surface area contributed by atoms with Crippen molar-refractivity contribution in [2.75, 3.05) is 18.7 Å². The van der Waals surface area contributed by atoms with E-state index in [9.17, 15) is 4.79 Å². The summed E-state index contributed by atoms with van der Waals surface area (Å²) >= 11 is 3.34. The fraction of sp³-hybridized carbons (Fsp3) is 0.176. The maximum Gasteiger partial charge on any atom is 0.265 e. The number of nitrogens with one attached hydrogen (secondary N) is 1. The number of fused-ring (bicyclic) bond motifs is 1. The van der Waals surface area contributed by atoms with E-state index >= 15 is 0 Å². The van der Waals surface area contributed by atoms with Crippen molar-refractivity contribution < 1.29 is 19.1 Å². The quantitative estimate of drug-likeness (QED) is 0.625. The lowest BCUT2D eigenvalue weighted by molar-refractivity contribution is -0.120. The highest BCUT2D eigenvalue weighted by Gasteiger charge is 2.14. The van der Waals surface area contributed by atoms with Gasteiger partial charge in [-0.25, -0.2) is 0 Å². The molecular weight excluding hydrogens is 376 g/mol. The molecule has 1 heterocycles. The Morgan fingerprint density at radius 1 is 1.21 bits per heavy atom. The number of anilines is 1. The highest BCUT2D eigenvalue weighted by Crippen LogP contribution is 2.32. The van der Waals surface area contributed by atoms with Crippen molar-refractivity contribution >= 4 is 33.2 Å². The summed E-state index contributed by atoms with van der Waals surface area (Å²) in [6.07, 6.45) is 0. The molecule has 0 bridgehead atoms. The van der Waals surface area contributed by atoms with Crippen LogP contribution in [0.2, 0.25) is 0 Å². The van der Waals surface area contributed by atoms with E-state index in [-0.39, 0.29) is 19.3 Å². The summed E-state index contributed by atoms with van der Waals surface area (Å²) in [7, 11) is 0. The fourth-order valence-electron chi connectivity index (χ4n) is 2.09. The third kappa shape index (κ3) is 4.05. The van der Waals surface area contributed by atoms with Gasteiger partial charge in [0.2, 0.25) is 6.79 Å². The predicted molar refractivity (Wildman–Crippen MR) is 93.5 cm³/mol. The molecule has 2 aromatic rings. The maximum absolute atomic E-state index is 11.8. The van der Waals surface area contributed by atoms with E-state index in [4.69, 9.17) is 14.3 Å². The van der Waals surface area contributed by atoms with Gasteiger partial charge in [0.15, 0.2) is 18.1 Å². The topological polar surface area (TPSA) is 69.2 Å². The Hall–Kier alpha value is -2.54. The monoisotopic (exact) mass is 390 g/mol. The van der Waals surface area contributed by atoms with Crippen LogP contribution >= 0.6 is 15.9 Å². The summed E-state index contributed by atoms with van der Waals surface area (Å²) in [6, 6.07) is 12.8. The standard InChI is InChI=1S/C17H15BrN2O4/c1-11(12-2-7-15-16(8-12)23-10-22-15)20-24-9-17(21)19-14-5-3-13(18)4-6-14/h2-8H,9-10H2,1H3,(H,19,21)/b20-11-. The van der Waals surface area contributed by atoms with Crippen LogP contribution in [0.4, 0.5) is 5.69 Å². The van der Waals surface area contributed by atoms with Gasteiger partial charge >= 0.3 is 0 Å². The Morgan fingerprint density at radius 3 is 2.75 bits per heavy atom. The molecule has 0 fully saturated rings. The number of carbonyl (C=O) groups excluding carboxylic acids is 1. The van der Waals surface area contributed by atoms with Crippen LogP contribution in [-0.4, -0.2) is 25.0 Å². The molecule has 24 heavy (non-hydrogen) atoms. The zero-order valence-electron chi connectivity index (χ0n) is 12.9. The van der Waals surface area contributed by atoms with Gasteiger partial charge in [-0.1, -0.05) is 21.1 Å². The normalized spacial score (nSPS) is 12.8. The van der Waals surface area contributed by atoms with Gasteiger partial charge < -0.3 is 19.6 Å². The van der Waals surface area contributed by atoms with Crippen molar-refractivity contribution in [3.63, 3.8) is 0 Å². The average Bonchev–Trinajstić information content (AvgIpc) is 3.04. The van der Waals surface area contributed by atoms with E-state index in [0.29, 0.717) is 22.9 Å². The molecule has 0 aliphatic carbocycles. The van der Waals surface area contributed by atoms with Gasteiger partial charge in [0.1, 0.15) is 0 Å². The van der Waals surface area contributed by atoms with E-state index in [0.717, 1.165) is 10.0 Å². The predicted octanol–water partition coefficient (Wildman–Crippen LogP) is 3.56. The average molecular weight is 391 g/mol. The van der Waals surface area contributed by atoms with Crippen molar-refractivity contribution in [3.8, 4) is 11.5 Å². The Labute approximate surface area is 147 Å². The lowest BCUT2D eigenvalue weighted by Crippen LogP contribution is -2.17. The van der Waals surface area contributed by atoms with Gasteiger partial charge in [-0.15, -0.1) is 0 Å². The van der Waals surface area contributed by atoms with E-state index in [2.05, 4.69) is 26.4 Å². The third-order valence-electron chi connectivity index (χ3n) is 3.32. The van der Waals surface area contributed by atoms with Crippen LogP contribution in [0.1, 0.15) is 12.5 Å². The number of benzene rings is 2. The number of ether oxygens (including phenoxy) is 2. The lowest BCUT2D eigenvalue weighted by atomic mass is 10.1.